The SMILES string of the molecule is c1ccc(-c2ccc(-c3c(-c4cccc5ccccc45)ccc(-c4ccccc4)c3-c3nc(-c4cccc5c4sc4ccccc45)cc(-c4cccc5c4sc4ccccc45)n3)cc2)cc1. The van der Waals surface area contributed by atoms with Crippen molar-refractivity contribution < 1.29 is 0 Å². The van der Waals surface area contributed by atoms with Gasteiger partial charge in [-0.3, -0.25) is 0 Å². The molecule has 0 N–H and O–H groups in total. The van der Waals surface area contributed by atoms with E-state index in [0.29, 0.717) is 5.82 Å². The number of aromatic nitrogens is 2. The Morgan fingerprint density at radius 3 is 1.36 bits per heavy atom. The van der Waals surface area contributed by atoms with Crippen molar-refractivity contribution in [3.63, 3.8) is 0 Å². The lowest BCUT2D eigenvalue weighted by Crippen LogP contribution is -2.01. The molecule has 0 radical (unpaired) electrons. The van der Waals surface area contributed by atoms with Crippen molar-refractivity contribution in [3.05, 3.63) is 231 Å². The maximum atomic E-state index is 5.78. The third-order valence-corrected chi connectivity index (χ3v) is 15.4. The lowest BCUT2D eigenvalue weighted by molar-refractivity contribution is 1.19. The molecule has 4 heteroatoms. The molecule has 13 aromatic rings. The fraction of sp³-hybridized carbons (Fsp3) is 0. The summed E-state index contributed by atoms with van der Waals surface area (Å²) >= 11 is 3.67. The Bertz CT molecular complexity index is 3840. The van der Waals surface area contributed by atoms with E-state index < -0.39 is 0 Å². The Labute approximate surface area is 390 Å². The van der Waals surface area contributed by atoms with Crippen LogP contribution in [0, 0.1) is 0 Å². The molecule has 3 heterocycles. The molecule has 3 aromatic heterocycles. The van der Waals surface area contributed by atoms with Crippen molar-refractivity contribution in [1.82, 2.24) is 9.97 Å². The van der Waals surface area contributed by atoms with E-state index in [-0.39, 0.29) is 0 Å². The van der Waals surface area contributed by atoms with Crippen molar-refractivity contribution in [2.24, 2.45) is 0 Å². The maximum absolute atomic E-state index is 5.78. The van der Waals surface area contributed by atoms with Crippen LogP contribution in [0.25, 0.3) is 130 Å². The van der Waals surface area contributed by atoms with E-state index in [1.54, 1.807) is 0 Å². The van der Waals surface area contributed by atoms with Crippen molar-refractivity contribution in [2.75, 3.05) is 0 Å². The first kappa shape index (κ1) is 38.4. The molecule has 0 bridgehead atoms. The van der Waals surface area contributed by atoms with Crippen LogP contribution < -0.4 is 0 Å². The standard InChI is InChI=1S/C62H38N2S2/c1-3-16-39(17-4-1)40-32-34-43(35-33-40)58-49(46-25-13-21-41-20-7-8-22-44(41)46)37-36-45(42-18-5-2-6-19-42)59(58)62-63-54(52-28-14-26-50-47-23-9-11-30-56(47)65-60(50)52)38-55(64-62)53-29-15-27-51-48-24-10-12-31-57(48)66-61(51)53/h1-38H. The van der Waals surface area contributed by atoms with Gasteiger partial charge in [0, 0.05) is 62.6 Å². The second-order valence-electron chi connectivity index (χ2n) is 16.8. The highest BCUT2D eigenvalue weighted by atomic mass is 32.1. The molecule has 0 amide bonds. The monoisotopic (exact) mass is 874 g/mol. The van der Waals surface area contributed by atoms with Gasteiger partial charge in [-0.05, 0) is 67.9 Å². The van der Waals surface area contributed by atoms with Crippen molar-refractivity contribution in [1.29, 1.82) is 0 Å². The molecule has 0 atom stereocenters. The summed E-state index contributed by atoms with van der Waals surface area (Å²) in [6.07, 6.45) is 0. The molecule has 0 aliphatic rings. The molecule has 0 saturated carbocycles. The lowest BCUT2D eigenvalue weighted by Gasteiger charge is -2.21. The molecular weight excluding hydrogens is 837 g/mol. The molecule has 0 saturated heterocycles. The van der Waals surface area contributed by atoms with Crippen LogP contribution >= 0.6 is 22.7 Å². The number of benzene rings is 10. The zero-order valence-corrected chi connectivity index (χ0v) is 37.3. The molecule has 0 unspecified atom stereocenters. The van der Waals surface area contributed by atoms with Crippen LogP contribution in [0.1, 0.15) is 0 Å². The quantitative estimate of drug-likeness (QED) is 0.159. The molecule has 66 heavy (non-hydrogen) atoms. The summed E-state index contributed by atoms with van der Waals surface area (Å²) in [5, 5.41) is 7.40. The van der Waals surface area contributed by atoms with E-state index in [9.17, 15) is 0 Å². The third kappa shape index (κ3) is 6.45. The van der Waals surface area contributed by atoms with E-state index in [2.05, 4.69) is 231 Å². The summed E-state index contributed by atoms with van der Waals surface area (Å²) < 4.78 is 4.97. The molecule has 0 fully saturated rings. The minimum absolute atomic E-state index is 0.682. The van der Waals surface area contributed by atoms with E-state index in [0.717, 1.165) is 61.5 Å². The van der Waals surface area contributed by atoms with E-state index >= 15 is 0 Å². The van der Waals surface area contributed by atoms with Gasteiger partial charge in [0.1, 0.15) is 0 Å². The molecule has 0 aliphatic heterocycles. The van der Waals surface area contributed by atoms with Crippen LogP contribution in [-0.4, -0.2) is 9.97 Å². The summed E-state index contributed by atoms with van der Waals surface area (Å²) in [7, 11) is 0. The second-order valence-corrected chi connectivity index (χ2v) is 18.9. The molecule has 2 nitrogen and oxygen atoms in total. The van der Waals surface area contributed by atoms with Gasteiger partial charge in [0.15, 0.2) is 5.82 Å². The average molecular weight is 875 g/mol. The second kappa shape index (κ2) is 15.9. The van der Waals surface area contributed by atoms with Gasteiger partial charge >= 0.3 is 0 Å². The Balaban J connectivity index is 1.16. The van der Waals surface area contributed by atoms with Gasteiger partial charge in [0.25, 0.3) is 0 Å². The topological polar surface area (TPSA) is 25.8 Å². The van der Waals surface area contributed by atoms with Gasteiger partial charge in [0.05, 0.1) is 11.4 Å². The first-order valence-corrected chi connectivity index (χ1v) is 23.9. The van der Waals surface area contributed by atoms with E-state index in [1.165, 1.54) is 62.2 Å². The largest absolute Gasteiger partial charge is 0.228 e. The minimum Gasteiger partial charge on any atom is -0.228 e. The van der Waals surface area contributed by atoms with E-state index in [1.807, 2.05) is 22.7 Å². The predicted octanol–water partition coefficient (Wildman–Crippen LogP) is 18.0. The highest BCUT2D eigenvalue weighted by Gasteiger charge is 2.25. The number of nitrogens with zero attached hydrogens (tertiary/aromatic N) is 2. The third-order valence-electron chi connectivity index (χ3n) is 13.0. The van der Waals surface area contributed by atoms with Crippen LogP contribution in [0.2, 0.25) is 0 Å². The Morgan fingerprint density at radius 1 is 0.273 bits per heavy atom. The van der Waals surface area contributed by atoms with Gasteiger partial charge < -0.3 is 0 Å². The molecule has 13 rings (SSSR count). The maximum Gasteiger partial charge on any atom is 0.161 e. The molecule has 10 aromatic carbocycles. The first-order valence-electron chi connectivity index (χ1n) is 22.3. The normalized spacial score (nSPS) is 11.6. The summed E-state index contributed by atoms with van der Waals surface area (Å²) in [5.74, 6) is 0.682. The zero-order chi connectivity index (χ0) is 43.6. The number of thiophene rings is 2. The number of hydrogen-bond acceptors (Lipinski definition) is 4. The predicted molar refractivity (Wildman–Crippen MR) is 283 cm³/mol. The Kier molecular flexibility index (Phi) is 9.26. The van der Waals surface area contributed by atoms with Crippen LogP contribution in [0.15, 0.2) is 231 Å². The first-order chi connectivity index (χ1) is 32.7. The van der Waals surface area contributed by atoms with Crippen LogP contribution in [0.5, 0.6) is 0 Å². The van der Waals surface area contributed by atoms with Gasteiger partial charge in [-0.2, -0.15) is 0 Å². The van der Waals surface area contributed by atoms with Crippen LogP contribution in [0.3, 0.4) is 0 Å². The molecule has 0 aliphatic carbocycles. The Morgan fingerprint density at radius 2 is 0.727 bits per heavy atom. The fourth-order valence-electron chi connectivity index (χ4n) is 9.87. The molecular formula is C62H38N2S2. The van der Waals surface area contributed by atoms with Gasteiger partial charge in [-0.25, -0.2) is 9.97 Å². The van der Waals surface area contributed by atoms with Gasteiger partial charge in [-0.1, -0.05) is 212 Å². The van der Waals surface area contributed by atoms with Crippen LogP contribution in [0.4, 0.5) is 0 Å². The summed E-state index contributed by atoms with van der Waals surface area (Å²) in [4.78, 5) is 11.6. The van der Waals surface area contributed by atoms with E-state index in [4.69, 9.17) is 9.97 Å². The lowest BCUT2D eigenvalue weighted by atomic mass is 9.83. The summed E-state index contributed by atoms with van der Waals surface area (Å²) in [6.45, 7) is 0. The van der Waals surface area contributed by atoms with Crippen molar-refractivity contribution in [2.45, 2.75) is 0 Å². The minimum atomic E-state index is 0.682. The molecule has 308 valence electrons. The smallest absolute Gasteiger partial charge is 0.161 e. The molecule has 0 spiro atoms. The van der Waals surface area contributed by atoms with Crippen molar-refractivity contribution >= 4 is 73.8 Å². The van der Waals surface area contributed by atoms with Crippen LogP contribution in [-0.2, 0) is 0 Å². The van der Waals surface area contributed by atoms with Crippen molar-refractivity contribution in [3.8, 4) is 78.4 Å². The average Bonchev–Trinajstić information content (AvgIpc) is 3.97. The highest BCUT2D eigenvalue weighted by Crippen LogP contribution is 2.49. The number of rotatable bonds is 7. The Hall–Kier alpha value is -8.02. The number of hydrogen-bond donors (Lipinski definition) is 0. The van der Waals surface area contributed by atoms with Gasteiger partial charge in [0.2, 0.25) is 0 Å². The fourth-order valence-corrected chi connectivity index (χ4v) is 12.3. The summed E-state index contributed by atoms with van der Waals surface area (Å²) in [6, 6.07) is 83.4. The summed E-state index contributed by atoms with van der Waals surface area (Å²) in [5.41, 5.74) is 14.0. The number of fused-ring (bicyclic) bond motifs is 7. The zero-order valence-electron chi connectivity index (χ0n) is 35.7. The highest BCUT2D eigenvalue weighted by molar-refractivity contribution is 7.26. The van der Waals surface area contributed by atoms with Gasteiger partial charge in [-0.15, -0.1) is 22.7 Å².